The SMILES string of the molecule is COc1ccc2oc(C3=NN=C(C)Cc4cc5c(cc43)O[C@@H](C)C(=O)N5)c(C)c2c1F. The summed E-state index contributed by atoms with van der Waals surface area (Å²) in [7, 11) is 1.42. The number of hydrogen-bond donors (Lipinski definition) is 1. The van der Waals surface area contributed by atoms with E-state index in [0.29, 0.717) is 45.9 Å². The number of nitrogens with zero attached hydrogens (tertiary/aromatic N) is 2. The first-order chi connectivity index (χ1) is 14.9. The van der Waals surface area contributed by atoms with Gasteiger partial charge in [0.15, 0.2) is 23.4 Å². The number of carbonyl (C=O) groups excluding carboxylic acids is 1. The van der Waals surface area contributed by atoms with Crippen LogP contribution in [0.25, 0.3) is 11.0 Å². The van der Waals surface area contributed by atoms with Crippen LogP contribution in [0.5, 0.6) is 11.5 Å². The highest BCUT2D eigenvalue weighted by atomic mass is 19.1. The first kappa shape index (κ1) is 19.3. The van der Waals surface area contributed by atoms with Gasteiger partial charge in [-0.2, -0.15) is 5.10 Å². The van der Waals surface area contributed by atoms with Gasteiger partial charge in [0, 0.05) is 23.3 Å². The van der Waals surface area contributed by atoms with Crippen LogP contribution in [0.15, 0.2) is 38.9 Å². The van der Waals surface area contributed by atoms with Crippen molar-refractivity contribution in [3.05, 3.63) is 52.5 Å². The summed E-state index contributed by atoms with van der Waals surface area (Å²) in [5, 5.41) is 12.0. The molecule has 8 heteroatoms. The molecule has 5 rings (SSSR count). The molecule has 2 aliphatic heterocycles. The zero-order valence-electron chi connectivity index (χ0n) is 17.5. The molecule has 31 heavy (non-hydrogen) atoms. The van der Waals surface area contributed by atoms with Gasteiger partial charge in [0.2, 0.25) is 0 Å². The van der Waals surface area contributed by atoms with Crippen LogP contribution >= 0.6 is 0 Å². The number of rotatable bonds is 2. The summed E-state index contributed by atoms with van der Waals surface area (Å²) in [6, 6.07) is 6.91. The molecule has 1 atom stereocenters. The number of anilines is 1. The third-order valence-corrected chi connectivity index (χ3v) is 5.59. The molecule has 0 fully saturated rings. The first-order valence-corrected chi connectivity index (χ1v) is 9.89. The van der Waals surface area contributed by atoms with Gasteiger partial charge in [-0.3, -0.25) is 4.79 Å². The fourth-order valence-corrected chi connectivity index (χ4v) is 3.99. The summed E-state index contributed by atoms with van der Waals surface area (Å²) in [6.07, 6.45) is -0.0631. The molecule has 3 aromatic rings. The van der Waals surface area contributed by atoms with Crippen LogP contribution in [-0.2, 0) is 11.2 Å². The second-order valence-electron chi connectivity index (χ2n) is 7.73. The van der Waals surface area contributed by atoms with Crippen molar-refractivity contribution in [1.29, 1.82) is 0 Å². The number of furan rings is 1. The summed E-state index contributed by atoms with van der Waals surface area (Å²) in [5.74, 6) is 0.437. The Hall–Kier alpha value is -3.68. The van der Waals surface area contributed by atoms with Crippen molar-refractivity contribution >= 4 is 34.0 Å². The van der Waals surface area contributed by atoms with Crippen LogP contribution in [0.3, 0.4) is 0 Å². The number of benzene rings is 2. The van der Waals surface area contributed by atoms with E-state index in [1.807, 2.05) is 19.1 Å². The molecule has 2 aromatic carbocycles. The van der Waals surface area contributed by atoms with Gasteiger partial charge in [-0.15, -0.1) is 5.10 Å². The van der Waals surface area contributed by atoms with Gasteiger partial charge in [-0.05, 0) is 50.6 Å². The summed E-state index contributed by atoms with van der Waals surface area (Å²) in [5.41, 5.74) is 4.56. The lowest BCUT2D eigenvalue weighted by Gasteiger charge is -2.25. The van der Waals surface area contributed by atoms with Crippen LogP contribution < -0.4 is 14.8 Å². The maximum absolute atomic E-state index is 14.9. The molecule has 0 spiro atoms. The molecule has 0 aliphatic carbocycles. The van der Waals surface area contributed by atoms with E-state index >= 15 is 0 Å². The van der Waals surface area contributed by atoms with Crippen molar-refractivity contribution in [2.75, 3.05) is 12.4 Å². The molecule has 0 unspecified atom stereocenters. The van der Waals surface area contributed by atoms with Crippen molar-refractivity contribution in [1.82, 2.24) is 0 Å². The molecule has 0 saturated heterocycles. The van der Waals surface area contributed by atoms with E-state index in [1.165, 1.54) is 13.2 Å². The van der Waals surface area contributed by atoms with Crippen LogP contribution in [0.1, 0.15) is 36.3 Å². The minimum atomic E-state index is -0.607. The lowest BCUT2D eigenvalue weighted by molar-refractivity contribution is -0.122. The zero-order valence-corrected chi connectivity index (χ0v) is 17.5. The average molecular weight is 421 g/mol. The molecular weight excluding hydrogens is 401 g/mol. The summed E-state index contributed by atoms with van der Waals surface area (Å²) in [6.45, 7) is 5.35. The highest BCUT2D eigenvalue weighted by Crippen LogP contribution is 2.38. The van der Waals surface area contributed by atoms with Gasteiger partial charge in [-0.25, -0.2) is 4.39 Å². The number of carbonyl (C=O) groups is 1. The van der Waals surface area contributed by atoms with E-state index < -0.39 is 11.9 Å². The molecule has 158 valence electrons. The maximum Gasteiger partial charge on any atom is 0.265 e. The van der Waals surface area contributed by atoms with Crippen molar-refractivity contribution in [3.63, 3.8) is 0 Å². The Morgan fingerprint density at radius 1 is 1.23 bits per heavy atom. The number of methoxy groups -OCH3 is 1. The number of hydrogen-bond acceptors (Lipinski definition) is 6. The van der Waals surface area contributed by atoms with Gasteiger partial charge in [0.05, 0.1) is 18.2 Å². The minimum Gasteiger partial charge on any atom is -0.494 e. The van der Waals surface area contributed by atoms with E-state index in [1.54, 1.807) is 19.9 Å². The zero-order chi connectivity index (χ0) is 21.9. The molecule has 1 amide bonds. The van der Waals surface area contributed by atoms with Crippen LogP contribution in [0.2, 0.25) is 0 Å². The van der Waals surface area contributed by atoms with E-state index in [2.05, 4.69) is 15.5 Å². The first-order valence-electron chi connectivity index (χ1n) is 9.89. The smallest absolute Gasteiger partial charge is 0.265 e. The number of fused-ring (bicyclic) bond motifs is 3. The molecule has 0 radical (unpaired) electrons. The Kier molecular flexibility index (Phi) is 4.32. The number of amides is 1. The van der Waals surface area contributed by atoms with Gasteiger partial charge < -0.3 is 19.2 Å². The normalized spacial score (nSPS) is 17.7. The van der Waals surface area contributed by atoms with E-state index in [4.69, 9.17) is 13.9 Å². The highest BCUT2D eigenvalue weighted by Gasteiger charge is 2.29. The number of halogens is 1. The quantitative estimate of drug-likeness (QED) is 0.666. The predicted molar refractivity (Wildman–Crippen MR) is 115 cm³/mol. The maximum atomic E-state index is 14.9. The molecule has 0 saturated carbocycles. The summed E-state index contributed by atoms with van der Waals surface area (Å²) in [4.78, 5) is 12.0. The Bertz CT molecular complexity index is 1320. The Morgan fingerprint density at radius 2 is 2.03 bits per heavy atom. The molecule has 1 aromatic heterocycles. The van der Waals surface area contributed by atoms with Crippen molar-refractivity contribution in [3.8, 4) is 11.5 Å². The molecule has 3 heterocycles. The minimum absolute atomic E-state index is 0.146. The average Bonchev–Trinajstić information content (AvgIpc) is 2.98. The van der Waals surface area contributed by atoms with E-state index in [0.717, 1.165) is 16.8 Å². The third-order valence-electron chi connectivity index (χ3n) is 5.59. The van der Waals surface area contributed by atoms with Crippen LogP contribution in [0, 0.1) is 12.7 Å². The highest BCUT2D eigenvalue weighted by molar-refractivity contribution is 6.17. The lowest BCUT2D eigenvalue weighted by atomic mass is 9.94. The Morgan fingerprint density at radius 3 is 2.81 bits per heavy atom. The molecular formula is C23H20FN3O4. The Labute approximate surface area is 177 Å². The second kappa shape index (κ2) is 6.94. The van der Waals surface area contributed by atoms with E-state index in [-0.39, 0.29) is 11.7 Å². The van der Waals surface area contributed by atoms with Crippen LogP contribution in [-0.4, -0.2) is 30.5 Å². The molecule has 1 N–H and O–H groups in total. The van der Waals surface area contributed by atoms with Crippen molar-refractivity contribution in [2.24, 2.45) is 10.2 Å². The van der Waals surface area contributed by atoms with Gasteiger partial charge in [0.1, 0.15) is 17.0 Å². The lowest BCUT2D eigenvalue weighted by Crippen LogP contribution is -2.34. The second-order valence-corrected chi connectivity index (χ2v) is 7.73. The molecule has 0 bridgehead atoms. The van der Waals surface area contributed by atoms with Crippen LogP contribution in [0.4, 0.5) is 10.1 Å². The number of aryl methyl sites for hydroxylation is 1. The fourth-order valence-electron chi connectivity index (χ4n) is 3.99. The fraction of sp³-hybridized carbons (Fsp3) is 0.261. The van der Waals surface area contributed by atoms with Crippen molar-refractivity contribution in [2.45, 2.75) is 33.3 Å². The largest absolute Gasteiger partial charge is 0.494 e. The monoisotopic (exact) mass is 421 g/mol. The van der Waals surface area contributed by atoms with Gasteiger partial charge >= 0.3 is 0 Å². The standard InChI is InChI=1S/C23H20FN3O4/c1-10-7-13-8-15-18(30-12(3)23(28)25-15)9-14(13)21(27-26-10)22-11(2)19-16(31-22)5-6-17(29-4)20(19)24/h5-6,8-9,12H,7H2,1-4H3,(H,25,28)/t12-/m0/s1. The predicted octanol–water partition coefficient (Wildman–Crippen LogP) is 4.38. The Balaban J connectivity index is 1.73. The van der Waals surface area contributed by atoms with E-state index in [9.17, 15) is 9.18 Å². The van der Waals surface area contributed by atoms with Gasteiger partial charge in [0.25, 0.3) is 5.91 Å². The molecule has 7 nitrogen and oxygen atoms in total. The summed E-state index contributed by atoms with van der Waals surface area (Å²) < 4.78 is 31.9. The number of nitrogens with one attached hydrogen (secondary N) is 1. The number of ether oxygens (including phenoxy) is 2. The van der Waals surface area contributed by atoms with Gasteiger partial charge in [-0.1, -0.05) is 0 Å². The molecule has 2 aliphatic rings. The summed E-state index contributed by atoms with van der Waals surface area (Å²) >= 11 is 0. The third kappa shape index (κ3) is 2.98. The topological polar surface area (TPSA) is 85.4 Å². The van der Waals surface area contributed by atoms with Crippen molar-refractivity contribution < 1.29 is 23.1 Å².